The van der Waals surface area contributed by atoms with Gasteiger partial charge in [0.15, 0.2) is 0 Å². The van der Waals surface area contributed by atoms with E-state index in [9.17, 15) is 0 Å². The molecule has 2 N–H and O–H groups in total. The second-order valence-electron chi connectivity index (χ2n) is 9.94. The molecule has 0 aliphatic heterocycles. The average molecular weight is 370 g/mol. The van der Waals surface area contributed by atoms with Gasteiger partial charge in [-0.2, -0.15) is 0 Å². The van der Waals surface area contributed by atoms with Gasteiger partial charge in [-0.3, -0.25) is 4.90 Å². The molecule has 0 fully saturated rings. The minimum absolute atomic E-state index is 0.0968. The second kappa shape index (κ2) is 10.4. The molecule has 158 valence electrons. The molecule has 3 nitrogen and oxygen atoms in total. The number of nitrogens with zero attached hydrogens (tertiary/aromatic N) is 1. The summed E-state index contributed by atoms with van der Waals surface area (Å²) in [6.07, 6.45) is 6.49. The molecule has 0 amide bonds. The van der Waals surface area contributed by atoms with Gasteiger partial charge in [0.1, 0.15) is 0 Å². The molecular formula is C23H51N3. The number of hydrogen-bond acceptors (Lipinski definition) is 3. The first-order chi connectivity index (χ1) is 11.9. The first-order valence-electron chi connectivity index (χ1n) is 11.0. The quantitative estimate of drug-likeness (QED) is 0.419. The van der Waals surface area contributed by atoms with Crippen LogP contribution in [0.25, 0.3) is 0 Å². The third-order valence-electron chi connectivity index (χ3n) is 7.28. The molecule has 0 aromatic rings. The predicted octanol–water partition coefficient (Wildman–Crippen LogP) is 5.51. The third kappa shape index (κ3) is 5.02. The lowest BCUT2D eigenvalue weighted by Crippen LogP contribution is -2.71. The fraction of sp³-hybridized carbons (Fsp3) is 1.00. The maximum atomic E-state index is 3.53. The highest BCUT2D eigenvalue weighted by atomic mass is 15.3. The average Bonchev–Trinajstić information content (AvgIpc) is 2.53. The molecule has 0 aromatic heterocycles. The van der Waals surface area contributed by atoms with Crippen molar-refractivity contribution in [2.24, 2.45) is 16.7 Å². The van der Waals surface area contributed by atoms with Crippen LogP contribution in [0.15, 0.2) is 0 Å². The van der Waals surface area contributed by atoms with Crippen LogP contribution in [0.5, 0.6) is 0 Å². The van der Waals surface area contributed by atoms with Crippen molar-refractivity contribution >= 4 is 0 Å². The maximum Gasteiger partial charge on any atom is 0.0568 e. The van der Waals surface area contributed by atoms with Crippen LogP contribution in [0, 0.1) is 16.7 Å². The van der Waals surface area contributed by atoms with Crippen molar-refractivity contribution in [1.29, 1.82) is 0 Å². The minimum Gasteiger partial charge on any atom is -0.317 e. The highest BCUT2D eigenvalue weighted by Gasteiger charge is 2.59. The molecule has 26 heavy (non-hydrogen) atoms. The topological polar surface area (TPSA) is 27.3 Å². The van der Waals surface area contributed by atoms with Gasteiger partial charge in [0, 0.05) is 11.6 Å². The van der Waals surface area contributed by atoms with Gasteiger partial charge in [-0.1, -0.05) is 61.3 Å². The van der Waals surface area contributed by atoms with E-state index in [0.717, 1.165) is 0 Å². The summed E-state index contributed by atoms with van der Waals surface area (Å²) < 4.78 is 0. The highest BCUT2D eigenvalue weighted by molar-refractivity contribution is 5.13. The SMILES string of the molecule is CCCC(C)(C)C(C(C)CC(C)NC)(N(C)C(C)NC)C(C)(C)CCC. The molecule has 0 radical (unpaired) electrons. The third-order valence-corrected chi connectivity index (χ3v) is 7.28. The molecule has 0 spiro atoms. The van der Waals surface area contributed by atoms with E-state index in [1.165, 1.54) is 32.1 Å². The number of hydrogen-bond donors (Lipinski definition) is 2. The van der Waals surface area contributed by atoms with Crippen LogP contribution in [-0.2, 0) is 0 Å². The molecule has 3 atom stereocenters. The van der Waals surface area contributed by atoms with E-state index < -0.39 is 0 Å². The summed E-state index contributed by atoms with van der Waals surface area (Å²) in [6, 6.07) is 0.525. The van der Waals surface area contributed by atoms with Gasteiger partial charge >= 0.3 is 0 Å². The van der Waals surface area contributed by atoms with E-state index in [-0.39, 0.29) is 16.4 Å². The van der Waals surface area contributed by atoms with Crippen molar-refractivity contribution in [3.8, 4) is 0 Å². The molecule has 0 rings (SSSR count). The van der Waals surface area contributed by atoms with Gasteiger partial charge in [-0.15, -0.1) is 0 Å². The largest absolute Gasteiger partial charge is 0.317 e. The van der Waals surface area contributed by atoms with Gasteiger partial charge in [0.05, 0.1) is 6.17 Å². The lowest BCUT2D eigenvalue weighted by molar-refractivity contribution is -0.153. The van der Waals surface area contributed by atoms with Crippen molar-refractivity contribution in [2.75, 3.05) is 21.1 Å². The van der Waals surface area contributed by atoms with Gasteiger partial charge < -0.3 is 10.6 Å². The normalized spacial score (nSPS) is 17.4. The Labute approximate surface area is 166 Å². The Kier molecular flexibility index (Phi) is 10.4. The lowest BCUT2D eigenvalue weighted by Gasteiger charge is -2.65. The van der Waals surface area contributed by atoms with E-state index in [1.54, 1.807) is 0 Å². The van der Waals surface area contributed by atoms with E-state index >= 15 is 0 Å². The van der Waals surface area contributed by atoms with Crippen molar-refractivity contribution in [3.63, 3.8) is 0 Å². The van der Waals surface area contributed by atoms with Crippen LogP contribution in [0.4, 0.5) is 0 Å². The zero-order chi connectivity index (χ0) is 20.8. The standard InChI is InChI=1S/C23H51N3/c1-13-15-21(6,7)23(22(8,9)16-14-2,26(12)20(5)25-11)18(3)17-19(4)24-10/h18-20,24-25H,13-17H2,1-12H3. The molecule has 0 bridgehead atoms. The van der Waals surface area contributed by atoms with Crippen LogP contribution in [-0.4, -0.2) is 43.8 Å². The van der Waals surface area contributed by atoms with Gasteiger partial charge in [0.2, 0.25) is 0 Å². The maximum absolute atomic E-state index is 3.53. The summed E-state index contributed by atoms with van der Waals surface area (Å²) in [5.41, 5.74) is 0.528. The number of nitrogens with one attached hydrogen (secondary N) is 2. The van der Waals surface area contributed by atoms with Crippen LogP contribution < -0.4 is 10.6 Å². The molecule has 3 heteroatoms. The predicted molar refractivity (Wildman–Crippen MR) is 119 cm³/mol. The van der Waals surface area contributed by atoms with E-state index in [1.807, 2.05) is 0 Å². The van der Waals surface area contributed by atoms with E-state index in [2.05, 4.69) is 99.0 Å². The summed E-state index contributed by atoms with van der Waals surface area (Å²) in [7, 11) is 6.54. The van der Waals surface area contributed by atoms with Gasteiger partial charge in [0.25, 0.3) is 0 Å². The molecule has 0 aliphatic rings. The fourth-order valence-corrected chi connectivity index (χ4v) is 6.50. The molecule has 3 unspecified atom stereocenters. The Morgan fingerprint density at radius 1 is 0.808 bits per heavy atom. The van der Waals surface area contributed by atoms with Gasteiger partial charge in [-0.05, 0) is 71.0 Å². The van der Waals surface area contributed by atoms with Crippen molar-refractivity contribution in [3.05, 3.63) is 0 Å². The molecule has 0 aliphatic carbocycles. The molecule has 0 heterocycles. The Morgan fingerprint density at radius 3 is 1.54 bits per heavy atom. The van der Waals surface area contributed by atoms with Crippen LogP contribution in [0.3, 0.4) is 0 Å². The monoisotopic (exact) mass is 369 g/mol. The van der Waals surface area contributed by atoms with Crippen LogP contribution >= 0.6 is 0 Å². The van der Waals surface area contributed by atoms with E-state index in [0.29, 0.717) is 18.1 Å². The highest BCUT2D eigenvalue weighted by Crippen LogP contribution is 2.57. The Hall–Kier alpha value is -0.120. The zero-order valence-electron chi connectivity index (χ0n) is 20.2. The lowest BCUT2D eigenvalue weighted by atomic mass is 9.50. The Bertz CT molecular complexity index is 371. The molecule has 0 aromatic carbocycles. The Balaban J connectivity index is 6.61. The van der Waals surface area contributed by atoms with E-state index in [4.69, 9.17) is 0 Å². The smallest absolute Gasteiger partial charge is 0.0568 e. The van der Waals surface area contributed by atoms with Crippen LogP contribution in [0.2, 0.25) is 0 Å². The molecular weight excluding hydrogens is 318 g/mol. The summed E-state index contributed by atoms with van der Waals surface area (Å²) in [4.78, 5) is 2.69. The van der Waals surface area contributed by atoms with Crippen molar-refractivity contribution in [1.82, 2.24) is 15.5 Å². The van der Waals surface area contributed by atoms with Crippen molar-refractivity contribution in [2.45, 2.75) is 112 Å². The minimum atomic E-state index is 0.0968. The fourth-order valence-electron chi connectivity index (χ4n) is 6.50. The van der Waals surface area contributed by atoms with Crippen molar-refractivity contribution < 1.29 is 0 Å². The molecule has 0 saturated carbocycles. The first-order valence-corrected chi connectivity index (χ1v) is 11.0. The van der Waals surface area contributed by atoms with Crippen LogP contribution in [0.1, 0.15) is 94.4 Å². The summed E-state index contributed by atoms with van der Waals surface area (Å²) >= 11 is 0. The number of rotatable bonds is 13. The van der Waals surface area contributed by atoms with Gasteiger partial charge in [-0.25, -0.2) is 0 Å². The first kappa shape index (κ1) is 25.9. The Morgan fingerprint density at radius 2 is 1.23 bits per heavy atom. The zero-order valence-corrected chi connectivity index (χ0v) is 20.2. The summed E-state index contributed by atoms with van der Waals surface area (Å²) in [6.45, 7) is 21.9. The summed E-state index contributed by atoms with van der Waals surface area (Å²) in [5.74, 6) is 0.578. The second-order valence-corrected chi connectivity index (χ2v) is 9.94. The summed E-state index contributed by atoms with van der Waals surface area (Å²) in [5, 5.41) is 7.01. The molecule has 0 saturated heterocycles.